The van der Waals surface area contributed by atoms with Crippen molar-refractivity contribution in [3.63, 3.8) is 0 Å². The predicted octanol–water partition coefficient (Wildman–Crippen LogP) is 1.88. The Labute approximate surface area is 97.6 Å². The normalized spacial score (nSPS) is 19.7. The van der Waals surface area contributed by atoms with Gasteiger partial charge in [-0.25, -0.2) is 0 Å². The first-order chi connectivity index (χ1) is 7.90. The van der Waals surface area contributed by atoms with E-state index in [1.165, 1.54) is 0 Å². The zero-order chi connectivity index (χ0) is 11.0. The van der Waals surface area contributed by atoms with Gasteiger partial charge in [0.25, 0.3) is 0 Å². The molecule has 1 N–H and O–H groups in total. The number of nitrogens with zero attached hydrogens (tertiary/aromatic N) is 3. The smallest absolute Gasteiger partial charge is 0.174 e. The zero-order valence-corrected chi connectivity index (χ0v) is 9.65. The third kappa shape index (κ3) is 1.47. The molecule has 1 atom stereocenters. The van der Waals surface area contributed by atoms with Gasteiger partial charge in [-0.3, -0.25) is 0 Å². The molecule has 0 saturated heterocycles. The minimum absolute atomic E-state index is 0.162. The van der Waals surface area contributed by atoms with Crippen molar-refractivity contribution in [2.75, 3.05) is 6.61 Å². The fraction of sp³-hybridized carbons (Fsp3) is 0.455. The van der Waals surface area contributed by atoms with E-state index >= 15 is 0 Å². The second-order valence-corrected chi connectivity index (χ2v) is 4.98. The minimum atomic E-state index is 0.162. The molecule has 1 aliphatic rings. The molecule has 16 heavy (non-hydrogen) atoms. The fourth-order valence-corrected chi connectivity index (χ4v) is 2.94. The van der Waals surface area contributed by atoms with E-state index in [4.69, 9.17) is 0 Å². The lowest BCUT2D eigenvalue weighted by Gasteiger charge is -2.21. The summed E-state index contributed by atoms with van der Waals surface area (Å²) in [5.74, 6) is 2.05. The molecule has 0 bridgehead atoms. The Balaban J connectivity index is 2.06. The third-order valence-corrected chi connectivity index (χ3v) is 3.91. The number of hydrogen-bond acceptors (Lipinski definition) is 4. The maximum Gasteiger partial charge on any atom is 0.174 e. The van der Waals surface area contributed by atoms with Gasteiger partial charge in [0.05, 0.1) is 11.5 Å². The first-order valence-corrected chi connectivity index (χ1v) is 6.36. The SMILES string of the molecule is OCC1CCCn2c(-c3cccs3)nnc21. The van der Waals surface area contributed by atoms with Gasteiger partial charge in [0, 0.05) is 12.5 Å². The number of aromatic nitrogens is 3. The van der Waals surface area contributed by atoms with Crippen LogP contribution in [0.5, 0.6) is 0 Å². The van der Waals surface area contributed by atoms with Crippen molar-refractivity contribution in [3.8, 4) is 10.7 Å². The molecule has 0 aliphatic carbocycles. The van der Waals surface area contributed by atoms with Crippen LogP contribution in [-0.4, -0.2) is 26.5 Å². The van der Waals surface area contributed by atoms with Gasteiger partial charge < -0.3 is 9.67 Å². The highest BCUT2D eigenvalue weighted by Gasteiger charge is 2.25. The Kier molecular flexibility index (Phi) is 2.49. The largest absolute Gasteiger partial charge is 0.396 e. The van der Waals surface area contributed by atoms with E-state index in [0.717, 1.165) is 35.9 Å². The molecule has 3 rings (SSSR count). The van der Waals surface area contributed by atoms with Crippen molar-refractivity contribution < 1.29 is 5.11 Å². The third-order valence-electron chi connectivity index (χ3n) is 3.04. The van der Waals surface area contributed by atoms with Crippen LogP contribution >= 0.6 is 11.3 Å². The number of rotatable bonds is 2. The van der Waals surface area contributed by atoms with Crippen molar-refractivity contribution in [3.05, 3.63) is 23.3 Å². The topological polar surface area (TPSA) is 50.9 Å². The Bertz CT molecular complexity index is 477. The molecule has 84 valence electrons. The summed E-state index contributed by atoms with van der Waals surface area (Å²) in [4.78, 5) is 1.15. The van der Waals surface area contributed by atoms with Gasteiger partial charge in [0.15, 0.2) is 5.82 Å². The molecule has 0 aromatic carbocycles. The second kappa shape index (κ2) is 3.99. The van der Waals surface area contributed by atoms with E-state index in [9.17, 15) is 5.11 Å². The Morgan fingerprint density at radius 2 is 2.44 bits per heavy atom. The highest BCUT2D eigenvalue weighted by Crippen LogP contribution is 2.31. The quantitative estimate of drug-likeness (QED) is 0.864. The maximum absolute atomic E-state index is 9.30. The fourth-order valence-electron chi connectivity index (χ4n) is 2.22. The van der Waals surface area contributed by atoms with Gasteiger partial charge in [0.2, 0.25) is 0 Å². The molecule has 3 heterocycles. The highest BCUT2D eigenvalue weighted by molar-refractivity contribution is 7.13. The molecule has 0 spiro atoms. The van der Waals surface area contributed by atoms with E-state index in [2.05, 4.69) is 20.8 Å². The van der Waals surface area contributed by atoms with Crippen LogP contribution < -0.4 is 0 Å². The summed E-state index contributed by atoms with van der Waals surface area (Å²) in [5.41, 5.74) is 0. The van der Waals surface area contributed by atoms with Gasteiger partial charge in [-0.15, -0.1) is 21.5 Å². The lowest BCUT2D eigenvalue weighted by atomic mass is 10.00. The first kappa shape index (κ1) is 9.99. The number of hydrogen-bond donors (Lipinski definition) is 1. The summed E-state index contributed by atoms with van der Waals surface area (Å²) in [6, 6.07) is 4.08. The summed E-state index contributed by atoms with van der Waals surface area (Å²) in [5, 5.41) is 19.8. The molecule has 0 amide bonds. The van der Waals surface area contributed by atoms with Gasteiger partial charge in [-0.1, -0.05) is 6.07 Å². The molecule has 1 unspecified atom stereocenters. The van der Waals surface area contributed by atoms with Gasteiger partial charge >= 0.3 is 0 Å². The molecule has 1 aliphatic heterocycles. The molecule has 0 radical (unpaired) electrons. The van der Waals surface area contributed by atoms with Crippen molar-refractivity contribution in [2.45, 2.75) is 25.3 Å². The second-order valence-electron chi connectivity index (χ2n) is 4.03. The minimum Gasteiger partial charge on any atom is -0.396 e. The van der Waals surface area contributed by atoms with E-state index < -0.39 is 0 Å². The summed E-state index contributed by atoms with van der Waals surface area (Å²) in [6.45, 7) is 1.13. The molecule has 0 saturated carbocycles. The Hall–Kier alpha value is -1.20. The van der Waals surface area contributed by atoms with Gasteiger partial charge in [-0.05, 0) is 24.3 Å². The van der Waals surface area contributed by atoms with Crippen LogP contribution in [0.15, 0.2) is 17.5 Å². The number of aliphatic hydroxyl groups excluding tert-OH is 1. The number of thiophene rings is 1. The van der Waals surface area contributed by atoms with E-state index in [1.807, 2.05) is 11.4 Å². The summed E-state index contributed by atoms with van der Waals surface area (Å²) in [6.07, 6.45) is 2.10. The summed E-state index contributed by atoms with van der Waals surface area (Å²) < 4.78 is 2.15. The molecular weight excluding hydrogens is 222 g/mol. The van der Waals surface area contributed by atoms with Crippen molar-refractivity contribution >= 4 is 11.3 Å². The standard InChI is InChI=1S/C11H13N3OS/c15-7-8-3-1-5-14-10(8)12-13-11(14)9-4-2-6-16-9/h2,4,6,8,15H,1,3,5,7H2. The average Bonchev–Trinajstić information content (AvgIpc) is 2.96. The molecule has 2 aromatic heterocycles. The van der Waals surface area contributed by atoms with Crippen LogP contribution in [0.1, 0.15) is 24.6 Å². The van der Waals surface area contributed by atoms with E-state index in [0.29, 0.717) is 0 Å². The van der Waals surface area contributed by atoms with Crippen molar-refractivity contribution in [2.24, 2.45) is 0 Å². The van der Waals surface area contributed by atoms with Gasteiger partial charge in [-0.2, -0.15) is 0 Å². The molecule has 0 fully saturated rings. The van der Waals surface area contributed by atoms with Crippen LogP contribution in [0.25, 0.3) is 10.7 Å². The predicted molar refractivity (Wildman–Crippen MR) is 62.4 cm³/mol. The van der Waals surface area contributed by atoms with Crippen molar-refractivity contribution in [1.29, 1.82) is 0 Å². The first-order valence-electron chi connectivity index (χ1n) is 5.48. The lowest BCUT2D eigenvalue weighted by molar-refractivity contribution is 0.238. The summed E-state index contributed by atoms with van der Waals surface area (Å²) in [7, 11) is 0. The average molecular weight is 235 g/mol. The number of fused-ring (bicyclic) bond motifs is 1. The lowest BCUT2D eigenvalue weighted by Crippen LogP contribution is -2.19. The van der Waals surface area contributed by atoms with E-state index in [-0.39, 0.29) is 12.5 Å². The molecule has 4 nitrogen and oxygen atoms in total. The van der Waals surface area contributed by atoms with Crippen LogP contribution in [-0.2, 0) is 6.54 Å². The van der Waals surface area contributed by atoms with Gasteiger partial charge in [0.1, 0.15) is 5.82 Å². The molecule has 2 aromatic rings. The van der Waals surface area contributed by atoms with Crippen LogP contribution in [0.2, 0.25) is 0 Å². The monoisotopic (exact) mass is 235 g/mol. The zero-order valence-electron chi connectivity index (χ0n) is 8.83. The maximum atomic E-state index is 9.30. The molecular formula is C11H13N3OS. The Morgan fingerprint density at radius 1 is 1.50 bits per heavy atom. The van der Waals surface area contributed by atoms with Crippen LogP contribution in [0, 0.1) is 0 Å². The van der Waals surface area contributed by atoms with Crippen LogP contribution in [0.4, 0.5) is 0 Å². The number of aliphatic hydroxyl groups is 1. The van der Waals surface area contributed by atoms with E-state index in [1.54, 1.807) is 11.3 Å². The molecule has 5 heteroatoms. The van der Waals surface area contributed by atoms with Crippen LogP contribution in [0.3, 0.4) is 0 Å². The summed E-state index contributed by atoms with van der Waals surface area (Å²) >= 11 is 1.68. The van der Waals surface area contributed by atoms with Crippen molar-refractivity contribution in [1.82, 2.24) is 14.8 Å². The Morgan fingerprint density at radius 3 is 3.19 bits per heavy atom. The highest BCUT2D eigenvalue weighted by atomic mass is 32.1.